The maximum Gasteiger partial charge on any atom is 0.325 e. The fourth-order valence-corrected chi connectivity index (χ4v) is 4.18. The normalized spacial score (nSPS) is 23.2. The molecule has 182 valence electrons. The third-order valence-electron chi connectivity index (χ3n) is 6.13. The van der Waals surface area contributed by atoms with Gasteiger partial charge in [0, 0.05) is 18.6 Å². The standard InChI is InChI=1S/C23H34ClN5O4/c1-4-6-7-15(5-2)12-25-22-26-20-19(21(31)27-23(32)28(20)3)29(22)13-17(30)14-33-18-10-8-16(24)9-11-18/h8-11,15,17,19-20,30H,4-7,12-14H2,1-3H3,(H,25,26)(H,27,31,32). The number of aliphatic hydroxyl groups excluding tert-OH is 1. The average Bonchev–Trinajstić information content (AvgIpc) is 3.16. The molecule has 10 heteroatoms. The van der Waals surface area contributed by atoms with E-state index in [0.717, 1.165) is 25.7 Å². The largest absolute Gasteiger partial charge is 0.491 e. The molecule has 33 heavy (non-hydrogen) atoms. The van der Waals surface area contributed by atoms with Crippen molar-refractivity contribution >= 4 is 29.5 Å². The number of fused-ring (bicyclic) bond motifs is 1. The lowest BCUT2D eigenvalue weighted by Crippen LogP contribution is -2.65. The van der Waals surface area contributed by atoms with E-state index in [4.69, 9.17) is 21.3 Å². The summed E-state index contributed by atoms with van der Waals surface area (Å²) in [5.41, 5.74) is 0. The van der Waals surface area contributed by atoms with Crippen LogP contribution in [0.5, 0.6) is 5.75 Å². The number of imide groups is 1. The third-order valence-corrected chi connectivity index (χ3v) is 6.38. The summed E-state index contributed by atoms with van der Waals surface area (Å²) in [5, 5.41) is 16.9. The first-order chi connectivity index (χ1) is 15.8. The molecule has 1 aromatic rings. The lowest BCUT2D eigenvalue weighted by Gasteiger charge is -2.35. The number of rotatable bonds is 11. The summed E-state index contributed by atoms with van der Waals surface area (Å²) >= 11 is 5.90. The van der Waals surface area contributed by atoms with Crippen LogP contribution in [0.1, 0.15) is 39.5 Å². The zero-order chi connectivity index (χ0) is 24.0. The molecule has 2 saturated heterocycles. The SMILES string of the molecule is CCCCC(CC)CN=C1NC2C(C(=O)NC(=O)N2C)N1CC(O)COc1ccc(Cl)cc1. The van der Waals surface area contributed by atoms with Gasteiger partial charge in [-0.3, -0.25) is 15.1 Å². The second-order valence-electron chi connectivity index (χ2n) is 8.59. The Morgan fingerprint density at radius 3 is 2.64 bits per heavy atom. The van der Waals surface area contributed by atoms with Crippen LogP contribution in [-0.2, 0) is 4.79 Å². The molecule has 2 heterocycles. The molecule has 0 radical (unpaired) electrons. The topological polar surface area (TPSA) is 106 Å². The first kappa shape index (κ1) is 25.1. The zero-order valence-corrected chi connectivity index (χ0v) is 20.2. The van der Waals surface area contributed by atoms with E-state index in [-0.39, 0.29) is 13.2 Å². The summed E-state index contributed by atoms with van der Waals surface area (Å²) in [6.07, 6.45) is 2.95. The molecule has 3 amide bonds. The highest BCUT2D eigenvalue weighted by Crippen LogP contribution is 2.22. The van der Waals surface area contributed by atoms with Gasteiger partial charge in [0.15, 0.2) is 12.0 Å². The van der Waals surface area contributed by atoms with Crippen molar-refractivity contribution in [3.05, 3.63) is 29.3 Å². The number of aliphatic imine (C=N–C) groups is 1. The number of hydrogen-bond donors (Lipinski definition) is 3. The Balaban J connectivity index is 1.72. The van der Waals surface area contributed by atoms with Crippen molar-refractivity contribution in [3.63, 3.8) is 0 Å². The number of nitrogens with one attached hydrogen (secondary N) is 2. The zero-order valence-electron chi connectivity index (χ0n) is 19.5. The minimum atomic E-state index is -0.885. The first-order valence-corrected chi connectivity index (χ1v) is 11.9. The maximum absolute atomic E-state index is 12.7. The van der Waals surface area contributed by atoms with Gasteiger partial charge in [-0.15, -0.1) is 0 Å². The molecule has 2 fully saturated rings. The number of carbonyl (C=O) groups excluding carboxylic acids is 2. The molecule has 4 unspecified atom stereocenters. The van der Waals surface area contributed by atoms with Gasteiger partial charge < -0.3 is 25.0 Å². The Kier molecular flexibility index (Phi) is 8.80. The van der Waals surface area contributed by atoms with Crippen molar-refractivity contribution in [1.82, 2.24) is 20.4 Å². The van der Waals surface area contributed by atoms with Crippen molar-refractivity contribution < 1.29 is 19.4 Å². The predicted molar refractivity (Wildman–Crippen MR) is 127 cm³/mol. The number of nitrogens with zero attached hydrogens (tertiary/aromatic N) is 3. The van der Waals surface area contributed by atoms with Crippen molar-refractivity contribution in [3.8, 4) is 5.75 Å². The number of ether oxygens (including phenoxy) is 1. The smallest absolute Gasteiger partial charge is 0.325 e. The van der Waals surface area contributed by atoms with Gasteiger partial charge in [-0.2, -0.15) is 0 Å². The summed E-state index contributed by atoms with van der Waals surface area (Å²) in [4.78, 5) is 32.8. The van der Waals surface area contributed by atoms with E-state index >= 15 is 0 Å². The predicted octanol–water partition coefficient (Wildman–Crippen LogP) is 2.43. The Hall–Kier alpha value is -2.52. The first-order valence-electron chi connectivity index (χ1n) is 11.6. The average molecular weight is 480 g/mol. The number of hydrogen-bond acceptors (Lipinski definition) is 5. The second-order valence-corrected chi connectivity index (χ2v) is 9.03. The third kappa shape index (κ3) is 6.29. The van der Waals surface area contributed by atoms with Crippen LogP contribution in [0.15, 0.2) is 29.3 Å². The van der Waals surface area contributed by atoms with Crippen molar-refractivity contribution in [2.24, 2.45) is 10.9 Å². The molecule has 3 N–H and O–H groups in total. The number of amides is 3. The fourth-order valence-electron chi connectivity index (χ4n) is 4.06. The summed E-state index contributed by atoms with van der Waals surface area (Å²) in [5.74, 6) is 1.13. The fraction of sp³-hybridized carbons (Fsp3) is 0.609. The quantitative estimate of drug-likeness (QED) is 0.450. The van der Waals surface area contributed by atoms with Gasteiger partial charge in [0.05, 0.1) is 6.54 Å². The molecule has 9 nitrogen and oxygen atoms in total. The van der Waals surface area contributed by atoms with E-state index in [1.807, 2.05) is 0 Å². The van der Waals surface area contributed by atoms with Gasteiger partial charge >= 0.3 is 6.03 Å². The number of β-amino-alcohol motifs (C(OH)–C–C–N with tert-alkyl or cyclic N) is 1. The van der Waals surface area contributed by atoms with Crippen LogP contribution in [0, 0.1) is 5.92 Å². The lowest BCUT2D eigenvalue weighted by atomic mass is 10.00. The number of halogens is 1. The summed E-state index contributed by atoms with van der Waals surface area (Å²) < 4.78 is 5.67. The molecule has 3 rings (SSSR count). The Bertz CT molecular complexity index is 850. The van der Waals surface area contributed by atoms with E-state index in [1.54, 1.807) is 36.2 Å². The van der Waals surface area contributed by atoms with E-state index in [2.05, 4.69) is 24.5 Å². The summed E-state index contributed by atoms with van der Waals surface area (Å²) in [7, 11) is 1.63. The molecule has 4 atom stereocenters. The van der Waals surface area contributed by atoms with Crippen molar-refractivity contribution in [1.29, 1.82) is 0 Å². The van der Waals surface area contributed by atoms with Gasteiger partial charge in [0.2, 0.25) is 0 Å². The van der Waals surface area contributed by atoms with Crippen LogP contribution >= 0.6 is 11.6 Å². The Morgan fingerprint density at radius 2 is 1.97 bits per heavy atom. The number of likely N-dealkylation sites (N-methyl/N-ethyl adjacent to an activating group) is 1. The molecule has 0 spiro atoms. The highest BCUT2D eigenvalue weighted by atomic mass is 35.5. The molecule has 2 aliphatic rings. The van der Waals surface area contributed by atoms with Crippen molar-refractivity contribution in [2.45, 2.75) is 57.8 Å². The lowest BCUT2D eigenvalue weighted by molar-refractivity contribution is -0.127. The molecule has 0 bridgehead atoms. The number of unbranched alkanes of at least 4 members (excludes halogenated alkanes) is 1. The molecular weight excluding hydrogens is 446 g/mol. The molecular formula is C23H34ClN5O4. The number of benzene rings is 1. The van der Waals surface area contributed by atoms with Crippen LogP contribution in [-0.4, -0.2) is 77.9 Å². The Morgan fingerprint density at radius 1 is 1.24 bits per heavy atom. The summed E-state index contributed by atoms with van der Waals surface area (Å²) in [6, 6.07) is 5.73. The van der Waals surface area contributed by atoms with Gasteiger partial charge in [0.1, 0.15) is 24.6 Å². The van der Waals surface area contributed by atoms with Gasteiger partial charge in [-0.25, -0.2) is 4.79 Å². The van der Waals surface area contributed by atoms with Crippen LogP contribution in [0.25, 0.3) is 0 Å². The highest BCUT2D eigenvalue weighted by Gasteiger charge is 2.50. The molecule has 0 aliphatic carbocycles. The summed E-state index contributed by atoms with van der Waals surface area (Å²) in [6.45, 7) is 5.10. The molecule has 0 saturated carbocycles. The molecule has 0 aromatic heterocycles. The number of urea groups is 1. The monoisotopic (exact) mass is 479 g/mol. The van der Waals surface area contributed by atoms with Crippen LogP contribution in [0.3, 0.4) is 0 Å². The van der Waals surface area contributed by atoms with Crippen LogP contribution < -0.4 is 15.4 Å². The number of carbonyl (C=O) groups is 2. The van der Waals surface area contributed by atoms with E-state index < -0.39 is 30.2 Å². The van der Waals surface area contributed by atoms with Crippen LogP contribution in [0.4, 0.5) is 4.79 Å². The highest BCUT2D eigenvalue weighted by molar-refractivity contribution is 6.30. The minimum Gasteiger partial charge on any atom is -0.491 e. The van der Waals surface area contributed by atoms with Crippen molar-refractivity contribution in [2.75, 3.05) is 26.7 Å². The van der Waals surface area contributed by atoms with Gasteiger partial charge in [-0.05, 0) is 36.6 Å². The molecule has 1 aromatic carbocycles. The van der Waals surface area contributed by atoms with E-state index in [0.29, 0.717) is 29.2 Å². The molecule has 2 aliphatic heterocycles. The maximum atomic E-state index is 12.7. The van der Waals surface area contributed by atoms with E-state index in [1.165, 1.54) is 4.90 Å². The van der Waals surface area contributed by atoms with Crippen LogP contribution in [0.2, 0.25) is 5.02 Å². The number of aliphatic hydroxyl groups is 1. The van der Waals surface area contributed by atoms with Gasteiger partial charge in [-0.1, -0.05) is 44.7 Å². The Labute approximate surface area is 200 Å². The minimum absolute atomic E-state index is 0.0350. The number of guanidine groups is 1. The second kappa shape index (κ2) is 11.6. The van der Waals surface area contributed by atoms with E-state index in [9.17, 15) is 14.7 Å². The van der Waals surface area contributed by atoms with Gasteiger partial charge in [0.25, 0.3) is 5.91 Å².